The van der Waals surface area contributed by atoms with Crippen molar-refractivity contribution < 1.29 is 12.8 Å². The molecule has 1 aromatic rings. The van der Waals surface area contributed by atoms with Gasteiger partial charge in [0.05, 0.1) is 9.92 Å². The highest BCUT2D eigenvalue weighted by Crippen LogP contribution is 2.27. The van der Waals surface area contributed by atoms with E-state index in [4.69, 9.17) is 11.6 Å². The molecule has 1 saturated carbocycles. The van der Waals surface area contributed by atoms with Crippen molar-refractivity contribution in [1.29, 1.82) is 0 Å². The van der Waals surface area contributed by atoms with Crippen molar-refractivity contribution in [2.24, 2.45) is 0 Å². The van der Waals surface area contributed by atoms with Crippen LogP contribution >= 0.6 is 11.6 Å². The molecule has 0 atom stereocenters. The third kappa shape index (κ3) is 3.91. The number of sulfonamides is 1. The number of hydrogen-bond acceptors (Lipinski definition) is 3. The van der Waals surface area contributed by atoms with Gasteiger partial charge in [0.2, 0.25) is 10.0 Å². The SMILES string of the molecule is CCCNCc1cc(S(=O)(=O)NC2CC2)cc(F)c1Cl. The van der Waals surface area contributed by atoms with Crippen LogP contribution in [0.3, 0.4) is 0 Å². The first-order valence-electron chi connectivity index (χ1n) is 6.65. The van der Waals surface area contributed by atoms with Crippen LogP contribution in [-0.2, 0) is 16.6 Å². The van der Waals surface area contributed by atoms with Crippen LogP contribution in [0.4, 0.5) is 4.39 Å². The molecule has 2 N–H and O–H groups in total. The van der Waals surface area contributed by atoms with Crippen LogP contribution in [0.25, 0.3) is 0 Å². The molecule has 1 aromatic carbocycles. The van der Waals surface area contributed by atoms with E-state index in [-0.39, 0.29) is 16.0 Å². The van der Waals surface area contributed by atoms with Crippen LogP contribution < -0.4 is 10.0 Å². The fourth-order valence-corrected chi connectivity index (χ4v) is 3.33. The van der Waals surface area contributed by atoms with E-state index in [0.29, 0.717) is 12.1 Å². The van der Waals surface area contributed by atoms with Gasteiger partial charge in [-0.05, 0) is 43.5 Å². The fourth-order valence-electron chi connectivity index (χ4n) is 1.79. The van der Waals surface area contributed by atoms with Crippen molar-refractivity contribution in [1.82, 2.24) is 10.0 Å². The van der Waals surface area contributed by atoms with Crippen molar-refractivity contribution in [2.75, 3.05) is 6.54 Å². The van der Waals surface area contributed by atoms with Gasteiger partial charge in [0.25, 0.3) is 0 Å². The fraction of sp³-hybridized carbons (Fsp3) is 0.538. The molecule has 20 heavy (non-hydrogen) atoms. The van der Waals surface area contributed by atoms with Gasteiger partial charge < -0.3 is 5.32 Å². The maximum atomic E-state index is 13.8. The standard InChI is InChI=1S/C13H18ClFN2O2S/c1-2-5-16-8-9-6-11(7-12(15)13(9)14)20(18,19)17-10-3-4-10/h6-7,10,16-17H,2-5,8H2,1H3. The molecule has 0 amide bonds. The van der Waals surface area contributed by atoms with Crippen molar-refractivity contribution >= 4 is 21.6 Å². The normalized spacial score (nSPS) is 15.6. The van der Waals surface area contributed by atoms with Crippen LogP contribution in [-0.4, -0.2) is 21.0 Å². The Kier molecular flexibility index (Phi) is 5.01. The lowest BCUT2D eigenvalue weighted by Crippen LogP contribution is -2.26. The summed E-state index contributed by atoms with van der Waals surface area (Å²) in [5.74, 6) is -0.710. The van der Waals surface area contributed by atoms with Crippen LogP contribution in [0, 0.1) is 5.82 Å². The Labute approximate surface area is 123 Å². The first-order chi connectivity index (χ1) is 9.44. The van der Waals surface area contributed by atoms with Gasteiger partial charge in [-0.3, -0.25) is 0 Å². The number of nitrogens with one attached hydrogen (secondary N) is 2. The maximum absolute atomic E-state index is 13.8. The van der Waals surface area contributed by atoms with Crippen molar-refractivity contribution in [3.8, 4) is 0 Å². The van der Waals surface area contributed by atoms with Crippen LogP contribution in [0.5, 0.6) is 0 Å². The molecule has 0 aliphatic heterocycles. The Morgan fingerprint density at radius 2 is 2.10 bits per heavy atom. The number of halogens is 2. The predicted octanol–water partition coefficient (Wildman–Crippen LogP) is 2.42. The molecule has 1 aliphatic rings. The van der Waals surface area contributed by atoms with Crippen molar-refractivity contribution in [2.45, 2.75) is 43.7 Å². The summed E-state index contributed by atoms with van der Waals surface area (Å²) in [6.45, 7) is 3.11. The van der Waals surface area contributed by atoms with Gasteiger partial charge in [-0.1, -0.05) is 18.5 Å². The zero-order valence-electron chi connectivity index (χ0n) is 11.2. The molecule has 0 radical (unpaired) electrons. The number of rotatable bonds is 7. The van der Waals surface area contributed by atoms with E-state index in [9.17, 15) is 12.8 Å². The molecule has 0 heterocycles. The minimum atomic E-state index is -3.67. The lowest BCUT2D eigenvalue weighted by Gasteiger charge is -2.11. The molecule has 1 fully saturated rings. The summed E-state index contributed by atoms with van der Waals surface area (Å²) < 4.78 is 40.5. The van der Waals surface area contributed by atoms with E-state index in [1.165, 1.54) is 6.07 Å². The quantitative estimate of drug-likeness (QED) is 0.759. The molecule has 0 spiro atoms. The summed E-state index contributed by atoms with van der Waals surface area (Å²) in [5, 5.41) is 3.06. The largest absolute Gasteiger partial charge is 0.313 e. The molecule has 0 unspecified atom stereocenters. The molecule has 0 aromatic heterocycles. The average molecular weight is 321 g/mol. The minimum Gasteiger partial charge on any atom is -0.313 e. The summed E-state index contributed by atoms with van der Waals surface area (Å²) >= 11 is 5.88. The average Bonchev–Trinajstić information content (AvgIpc) is 3.17. The second-order valence-corrected chi connectivity index (χ2v) is 7.04. The van der Waals surface area contributed by atoms with E-state index >= 15 is 0 Å². The Morgan fingerprint density at radius 3 is 2.70 bits per heavy atom. The summed E-state index contributed by atoms with van der Waals surface area (Å²) in [4.78, 5) is -0.0698. The van der Waals surface area contributed by atoms with Gasteiger partial charge in [-0.2, -0.15) is 0 Å². The Hall–Kier alpha value is -0.690. The Balaban J connectivity index is 2.24. The van der Waals surface area contributed by atoms with Gasteiger partial charge in [-0.25, -0.2) is 17.5 Å². The van der Waals surface area contributed by atoms with Crippen LogP contribution in [0.2, 0.25) is 5.02 Å². The predicted molar refractivity (Wildman–Crippen MR) is 76.8 cm³/mol. The summed E-state index contributed by atoms with van der Waals surface area (Å²) in [6.07, 6.45) is 2.60. The van der Waals surface area contributed by atoms with Crippen LogP contribution in [0.1, 0.15) is 31.7 Å². The summed E-state index contributed by atoms with van der Waals surface area (Å²) in [6, 6.07) is 2.38. The van der Waals surface area contributed by atoms with Gasteiger partial charge in [-0.15, -0.1) is 0 Å². The first kappa shape index (κ1) is 15.7. The number of benzene rings is 1. The van der Waals surface area contributed by atoms with Crippen LogP contribution in [0.15, 0.2) is 17.0 Å². The second kappa shape index (κ2) is 6.39. The first-order valence-corrected chi connectivity index (χ1v) is 8.51. The molecule has 0 bridgehead atoms. The monoisotopic (exact) mass is 320 g/mol. The molecule has 0 saturated heterocycles. The lowest BCUT2D eigenvalue weighted by atomic mass is 10.2. The third-order valence-corrected chi connectivity index (χ3v) is 4.95. The smallest absolute Gasteiger partial charge is 0.240 e. The molecule has 7 heteroatoms. The molecule has 4 nitrogen and oxygen atoms in total. The van der Waals surface area contributed by atoms with Gasteiger partial charge in [0.1, 0.15) is 5.82 Å². The number of hydrogen-bond donors (Lipinski definition) is 2. The maximum Gasteiger partial charge on any atom is 0.240 e. The zero-order chi connectivity index (χ0) is 14.8. The Bertz CT molecular complexity index is 588. The summed E-state index contributed by atoms with van der Waals surface area (Å²) in [5.41, 5.74) is 0.455. The molecule has 1 aliphatic carbocycles. The highest BCUT2D eigenvalue weighted by Gasteiger charge is 2.28. The van der Waals surface area contributed by atoms with E-state index < -0.39 is 15.8 Å². The summed E-state index contributed by atoms with van der Waals surface area (Å²) in [7, 11) is -3.67. The molecule has 112 valence electrons. The topological polar surface area (TPSA) is 58.2 Å². The van der Waals surface area contributed by atoms with E-state index in [0.717, 1.165) is 31.9 Å². The van der Waals surface area contributed by atoms with Gasteiger partial charge in [0, 0.05) is 12.6 Å². The van der Waals surface area contributed by atoms with E-state index in [1.807, 2.05) is 6.92 Å². The zero-order valence-corrected chi connectivity index (χ0v) is 12.8. The second-order valence-electron chi connectivity index (χ2n) is 4.95. The van der Waals surface area contributed by atoms with Crippen molar-refractivity contribution in [3.63, 3.8) is 0 Å². The molecular weight excluding hydrogens is 303 g/mol. The third-order valence-electron chi connectivity index (χ3n) is 3.03. The van der Waals surface area contributed by atoms with Gasteiger partial charge >= 0.3 is 0 Å². The highest BCUT2D eigenvalue weighted by atomic mass is 35.5. The van der Waals surface area contributed by atoms with E-state index in [2.05, 4.69) is 10.0 Å². The Morgan fingerprint density at radius 1 is 1.40 bits per heavy atom. The van der Waals surface area contributed by atoms with Crippen molar-refractivity contribution in [3.05, 3.63) is 28.5 Å². The van der Waals surface area contributed by atoms with Gasteiger partial charge in [0.15, 0.2) is 0 Å². The molecule has 2 rings (SSSR count). The molecular formula is C13H18ClFN2O2S. The lowest BCUT2D eigenvalue weighted by molar-refractivity contribution is 0.575. The highest BCUT2D eigenvalue weighted by molar-refractivity contribution is 7.89. The van der Waals surface area contributed by atoms with E-state index in [1.54, 1.807) is 0 Å². The minimum absolute atomic E-state index is 0.0135.